The fourth-order valence-corrected chi connectivity index (χ4v) is 4.27. The average Bonchev–Trinajstić information content (AvgIpc) is 2.74. The number of anilines is 1. The minimum atomic E-state index is -1.78. The summed E-state index contributed by atoms with van der Waals surface area (Å²) in [7, 11) is -1.78. The first kappa shape index (κ1) is 24.2. The molecule has 0 unspecified atom stereocenters. The van der Waals surface area contributed by atoms with Crippen LogP contribution in [0.5, 0.6) is 0 Å². The molecule has 174 valence electrons. The van der Waals surface area contributed by atoms with Crippen LogP contribution in [0.2, 0.25) is 18.1 Å². The number of amides is 2. The fourth-order valence-electron chi connectivity index (χ4n) is 3.23. The van der Waals surface area contributed by atoms with Crippen molar-refractivity contribution in [2.75, 3.05) is 38.1 Å². The van der Waals surface area contributed by atoms with E-state index >= 15 is 0 Å². The van der Waals surface area contributed by atoms with Gasteiger partial charge in [0.05, 0.1) is 5.69 Å². The number of nitrogens with one attached hydrogen (secondary N) is 2. The lowest BCUT2D eigenvalue weighted by Crippen LogP contribution is -2.48. The molecule has 2 amide bonds. The van der Waals surface area contributed by atoms with E-state index in [1.54, 1.807) is 17.2 Å². The Morgan fingerprint density at radius 2 is 1.94 bits per heavy atom. The second-order valence-electron chi connectivity index (χ2n) is 9.66. The SMILES string of the molecule is CC(C)(C)[Si](C)(C)OCCc1cccc(-n2ccc(NC(=O)N3CCNCC3)nc2=O)c1. The van der Waals surface area contributed by atoms with Crippen LogP contribution in [0, 0.1) is 0 Å². The molecule has 1 aliphatic rings. The maximum Gasteiger partial charge on any atom is 0.354 e. The third-order valence-corrected chi connectivity index (χ3v) is 10.8. The van der Waals surface area contributed by atoms with E-state index in [0.29, 0.717) is 19.7 Å². The first-order chi connectivity index (χ1) is 15.1. The fraction of sp³-hybridized carbons (Fsp3) is 0.522. The van der Waals surface area contributed by atoms with Crippen LogP contribution in [0.15, 0.2) is 41.3 Å². The Morgan fingerprint density at radius 1 is 1.22 bits per heavy atom. The predicted octanol–water partition coefficient (Wildman–Crippen LogP) is 3.23. The minimum Gasteiger partial charge on any atom is -0.416 e. The van der Waals surface area contributed by atoms with Gasteiger partial charge in [-0.2, -0.15) is 4.98 Å². The number of rotatable bonds is 6. The third-order valence-electron chi connectivity index (χ3n) is 6.29. The Labute approximate surface area is 191 Å². The predicted molar refractivity (Wildman–Crippen MR) is 130 cm³/mol. The van der Waals surface area contributed by atoms with E-state index in [2.05, 4.69) is 49.5 Å². The minimum absolute atomic E-state index is 0.176. The number of aromatic nitrogens is 2. The standard InChI is InChI=1S/C23H35N5O3Si/c1-23(2,3)32(4,5)31-16-10-18-7-6-8-19(17-18)28-13-9-20(26-22(28)30)25-21(29)27-14-11-24-12-15-27/h6-9,13,17,24H,10-12,14-16H2,1-5H3,(H,25,26,29,30). The maximum absolute atomic E-state index is 12.6. The lowest BCUT2D eigenvalue weighted by Gasteiger charge is -2.36. The van der Waals surface area contributed by atoms with Gasteiger partial charge in [-0.3, -0.25) is 9.88 Å². The van der Waals surface area contributed by atoms with Crippen LogP contribution < -0.4 is 16.3 Å². The normalized spacial score (nSPS) is 15.0. The van der Waals surface area contributed by atoms with Gasteiger partial charge in [-0.25, -0.2) is 9.59 Å². The molecule has 1 saturated heterocycles. The summed E-state index contributed by atoms with van der Waals surface area (Å²) in [6.07, 6.45) is 2.43. The van der Waals surface area contributed by atoms with Gasteiger partial charge in [0.2, 0.25) is 0 Å². The largest absolute Gasteiger partial charge is 0.416 e. The Morgan fingerprint density at radius 3 is 2.59 bits per heavy atom. The lowest BCUT2D eigenvalue weighted by atomic mass is 10.1. The molecular weight excluding hydrogens is 422 g/mol. The Balaban J connectivity index is 1.65. The van der Waals surface area contributed by atoms with E-state index in [-0.39, 0.29) is 16.9 Å². The molecule has 1 fully saturated rings. The summed E-state index contributed by atoms with van der Waals surface area (Å²) in [6, 6.07) is 9.24. The number of benzene rings is 1. The molecule has 1 aliphatic heterocycles. The monoisotopic (exact) mass is 457 g/mol. The highest BCUT2D eigenvalue weighted by atomic mass is 28.4. The van der Waals surface area contributed by atoms with Gasteiger partial charge in [0.25, 0.3) is 0 Å². The van der Waals surface area contributed by atoms with Crippen molar-refractivity contribution in [2.45, 2.75) is 45.3 Å². The summed E-state index contributed by atoms with van der Waals surface area (Å²) in [5.41, 5.74) is 1.41. The molecule has 1 aromatic heterocycles. The van der Waals surface area contributed by atoms with Crippen LogP contribution >= 0.6 is 0 Å². The van der Waals surface area contributed by atoms with Gasteiger partial charge in [0.1, 0.15) is 5.82 Å². The number of urea groups is 1. The van der Waals surface area contributed by atoms with Gasteiger partial charge in [0.15, 0.2) is 8.32 Å². The van der Waals surface area contributed by atoms with Crippen molar-refractivity contribution >= 4 is 20.2 Å². The molecule has 2 heterocycles. The molecule has 9 heteroatoms. The molecule has 0 spiro atoms. The van der Waals surface area contributed by atoms with Crippen LogP contribution in [-0.2, 0) is 10.8 Å². The zero-order valence-electron chi connectivity index (χ0n) is 19.8. The van der Waals surface area contributed by atoms with Crippen LogP contribution in [0.4, 0.5) is 10.6 Å². The summed E-state index contributed by atoms with van der Waals surface area (Å²) < 4.78 is 7.76. The van der Waals surface area contributed by atoms with E-state index in [1.165, 1.54) is 4.57 Å². The van der Waals surface area contributed by atoms with Gasteiger partial charge in [-0.15, -0.1) is 0 Å². The van der Waals surface area contributed by atoms with Crippen molar-refractivity contribution in [3.05, 3.63) is 52.6 Å². The van der Waals surface area contributed by atoms with Crippen LogP contribution in [-0.4, -0.2) is 61.6 Å². The molecule has 0 aliphatic carbocycles. The Bertz CT molecular complexity index is 994. The van der Waals surface area contributed by atoms with Crippen LogP contribution in [0.1, 0.15) is 26.3 Å². The number of carbonyl (C=O) groups is 1. The van der Waals surface area contributed by atoms with E-state index in [1.807, 2.05) is 24.3 Å². The van der Waals surface area contributed by atoms with Crippen molar-refractivity contribution in [1.29, 1.82) is 0 Å². The van der Waals surface area contributed by atoms with Crippen molar-refractivity contribution in [2.24, 2.45) is 0 Å². The van der Waals surface area contributed by atoms with E-state index in [0.717, 1.165) is 30.8 Å². The first-order valence-electron chi connectivity index (χ1n) is 11.2. The second-order valence-corrected chi connectivity index (χ2v) is 14.5. The zero-order chi connectivity index (χ0) is 23.4. The molecular formula is C23H35N5O3Si. The summed E-state index contributed by atoms with van der Waals surface area (Å²) in [4.78, 5) is 30.7. The summed E-state index contributed by atoms with van der Waals surface area (Å²) in [5, 5.41) is 6.10. The lowest BCUT2D eigenvalue weighted by molar-refractivity contribution is 0.204. The first-order valence-corrected chi connectivity index (χ1v) is 14.1. The van der Waals surface area contributed by atoms with Gasteiger partial charge in [-0.05, 0) is 48.3 Å². The van der Waals surface area contributed by atoms with Crippen molar-refractivity contribution in [3.63, 3.8) is 0 Å². The van der Waals surface area contributed by atoms with Crippen LogP contribution in [0.25, 0.3) is 5.69 Å². The molecule has 8 nitrogen and oxygen atoms in total. The molecule has 2 aromatic rings. The Hall–Kier alpha value is -2.49. The van der Waals surface area contributed by atoms with Gasteiger partial charge in [-0.1, -0.05) is 32.9 Å². The van der Waals surface area contributed by atoms with E-state index in [4.69, 9.17) is 4.43 Å². The highest BCUT2D eigenvalue weighted by molar-refractivity contribution is 6.74. The number of nitrogens with zero attached hydrogens (tertiary/aromatic N) is 3. The Kier molecular flexibility index (Phi) is 7.53. The average molecular weight is 458 g/mol. The molecule has 1 aromatic carbocycles. The second kappa shape index (κ2) is 9.97. The number of carbonyl (C=O) groups excluding carboxylic acids is 1. The molecule has 32 heavy (non-hydrogen) atoms. The molecule has 0 radical (unpaired) electrons. The maximum atomic E-state index is 12.6. The van der Waals surface area contributed by atoms with Gasteiger partial charge >= 0.3 is 11.7 Å². The van der Waals surface area contributed by atoms with Crippen molar-refractivity contribution < 1.29 is 9.22 Å². The van der Waals surface area contributed by atoms with E-state index in [9.17, 15) is 9.59 Å². The number of hydrogen-bond donors (Lipinski definition) is 2. The molecule has 3 rings (SSSR count). The highest BCUT2D eigenvalue weighted by Gasteiger charge is 2.36. The van der Waals surface area contributed by atoms with Crippen LogP contribution in [0.3, 0.4) is 0 Å². The summed E-state index contributed by atoms with van der Waals surface area (Å²) in [5.74, 6) is 0.258. The quantitative estimate of drug-likeness (QED) is 0.650. The molecule has 0 bridgehead atoms. The smallest absolute Gasteiger partial charge is 0.354 e. The number of piperazine rings is 1. The topological polar surface area (TPSA) is 88.5 Å². The van der Waals surface area contributed by atoms with Crippen molar-refractivity contribution in [3.8, 4) is 5.69 Å². The van der Waals surface area contributed by atoms with Gasteiger partial charge < -0.3 is 14.6 Å². The molecule has 2 N–H and O–H groups in total. The summed E-state index contributed by atoms with van der Waals surface area (Å²) in [6.45, 7) is 14.6. The van der Waals surface area contributed by atoms with Crippen molar-refractivity contribution in [1.82, 2.24) is 19.8 Å². The molecule has 0 saturated carbocycles. The number of hydrogen-bond acceptors (Lipinski definition) is 5. The zero-order valence-corrected chi connectivity index (χ0v) is 20.8. The third kappa shape index (κ3) is 6.05. The highest BCUT2D eigenvalue weighted by Crippen LogP contribution is 2.36. The van der Waals surface area contributed by atoms with Gasteiger partial charge in [0, 0.05) is 39.0 Å². The molecule has 0 atom stereocenters. The summed E-state index contributed by atoms with van der Waals surface area (Å²) >= 11 is 0. The van der Waals surface area contributed by atoms with E-state index < -0.39 is 14.0 Å².